The predicted octanol–water partition coefficient (Wildman–Crippen LogP) is 5.11. The molecule has 4 nitrogen and oxygen atoms in total. The number of nitrogens with zero attached hydrogens (tertiary/aromatic N) is 1. The molecule has 0 aliphatic carbocycles. The molecule has 0 aromatic heterocycles. The largest absolute Gasteiger partial charge is 0.326 e. The van der Waals surface area contributed by atoms with Crippen molar-refractivity contribution in [1.82, 2.24) is 0 Å². The number of anilines is 2. The van der Waals surface area contributed by atoms with Crippen molar-refractivity contribution in [3.63, 3.8) is 0 Å². The third-order valence-electron chi connectivity index (χ3n) is 4.54. The summed E-state index contributed by atoms with van der Waals surface area (Å²) in [6, 6.07) is 12.7. The van der Waals surface area contributed by atoms with Crippen LogP contribution in [0.25, 0.3) is 0 Å². The van der Waals surface area contributed by atoms with Crippen molar-refractivity contribution in [2.45, 2.75) is 26.2 Å². The second-order valence-electron chi connectivity index (χ2n) is 6.77. The first-order valence-electron chi connectivity index (χ1n) is 8.51. The molecule has 1 fully saturated rings. The molecule has 2 aromatic carbocycles. The molecule has 0 bridgehead atoms. The molecule has 2 aromatic rings. The molecule has 0 saturated carbocycles. The van der Waals surface area contributed by atoms with Crippen LogP contribution in [0.1, 0.15) is 31.7 Å². The van der Waals surface area contributed by atoms with Gasteiger partial charge in [0.05, 0.1) is 16.6 Å². The molecular formula is C20H20Cl2N2O2. The average Bonchev–Trinajstić information content (AvgIpc) is 2.97. The van der Waals surface area contributed by atoms with Gasteiger partial charge in [0.2, 0.25) is 11.8 Å². The minimum absolute atomic E-state index is 0.121. The summed E-state index contributed by atoms with van der Waals surface area (Å²) in [5.74, 6) is -0.267. The molecule has 26 heavy (non-hydrogen) atoms. The van der Waals surface area contributed by atoms with Gasteiger partial charge in [0.25, 0.3) is 0 Å². The zero-order chi connectivity index (χ0) is 18.8. The van der Waals surface area contributed by atoms with E-state index < -0.39 is 5.92 Å². The van der Waals surface area contributed by atoms with Gasteiger partial charge in [0.15, 0.2) is 0 Å². The Balaban J connectivity index is 1.68. The van der Waals surface area contributed by atoms with Crippen molar-refractivity contribution in [3.05, 3.63) is 58.1 Å². The number of hydrogen-bond acceptors (Lipinski definition) is 2. The van der Waals surface area contributed by atoms with Crippen LogP contribution in [-0.2, 0) is 9.59 Å². The SMILES string of the molecule is CC(C)c1ccc(NC(=O)C2CC(=O)N(c3ccc(Cl)cc3Cl)C2)cc1. The average molecular weight is 391 g/mol. The van der Waals surface area contributed by atoms with Gasteiger partial charge in [-0.25, -0.2) is 0 Å². The molecule has 2 amide bonds. The summed E-state index contributed by atoms with van der Waals surface area (Å²) in [4.78, 5) is 26.5. The maximum atomic E-state index is 12.6. The highest BCUT2D eigenvalue weighted by atomic mass is 35.5. The summed E-state index contributed by atoms with van der Waals surface area (Å²) in [7, 11) is 0. The molecule has 0 radical (unpaired) electrons. The van der Waals surface area contributed by atoms with E-state index in [1.807, 2.05) is 24.3 Å². The molecule has 0 spiro atoms. The zero-order valence-electron chi connectivity index (χ0n) is 14.6. The zero-order valence-corrected chi connectivity index (χ0v) is 16.1. The molecule has 3 rings (SSSR count). The Morgan fingerprint density at radius 1 is 1.15 bits per heavy atom. The standard InChI is InChI=1S/C20H20Cl2N2O2/c1-12(2)13-3-6-16(7-4-13)23-20(26)14-9-19(25)24(11-14)18-8-5-15(21)10-17(18)22/h3-8,10,12,14H,9,11H2,1-2H3,(H,23,26). The highest BCUT2D eigenvalue weighted by molar-refractivity contribution is 6.36. The molecule has 1 heterocycles. The molecule has 1 atom stereocenters. The second-order valence-corrected chi connectivity index (χ2v) is 7.61. The fourth-order valence-electron chi connectivity index (χ4n) is 3.01. The summed E-state index contributed by atoms with van der Waals surface area (Å²) in [5.41, 5.74) is 2.52. The van der Waals surface area contributed by atoms with Crippen molar-refractivity contribution in [3.8, 4) is 0 Å². The van der Waals surface area contributed by atoms with Crippen molar-refractivity contribution in [2.75, 3.05) is 16.8 Å². The van der Waals surface area contributed by atoms with Gasteiger partial charge >= 0.3 is 0 Å². The first-order chi connectivity index (χ1) is 12.3. The Morgan fingerprint density at radius 2 is 1.85 bits per heavy atom. The van der Waals surface area contributed by atoms with E-state index in [0.717, 1.165) is 5.69 Å². The second kappa shape index (κ2) is 7.68. The third-order valence-corrected chi connectivity index (χ3v) is 5.08. The summed E-state index contributed by atoms with van der Waals surface area (Å²) in [5, 5.41) is 3.80. The van der Waals surface area contributed by atoms with Crippen LogP contribution in [0.15, 0.2) is 42.5 Å². The quantitative estimate of drug-likeness (QED) is 0.788. The van der Waals surface area contributed by atoms with Crippen molar-refractivity contribution >= 4 is 46.4 Å². The lowest BCUT2D eigenvalue weighted by atomic mass is 10.0. The van der Waals surface area contributed by atoms with Crippen molar-refractivity contribution in [2.24, 2.45) is 5.92 Å². The van der Waals surface area contributed by atoms with Crippen LogP contribution in [0, 0.1) is 5.92 Å². The lowest BCUT2D eigenvalue weighted by molar-refractivity contribution is -0.122. The van der Waals surface area contributed by atoms with E-state index >= 15 is 0 Å². The monoisotopic (exact) mass is 390 g/mol. The van der Waals surface area contributed by atoms with Gasteiger partial charge in [-0.15, -0.1) is 0 Å². The third kappa shape index (κ3) is 4.02. The molecule has 1 unspecified atom stereocenters. The molecule has 1 aliphatic rings. The number of nitrogens with one attached hydrogen (secondary N) is 1. The van der Waals surface area contributed by atoms with Gasteiger partial charge in [-0.3, -0.25) is 9.59 Å². The maximum Gasteiger partial charge on any atom is 0.229 e. The minimum Gasteiger partial charge on any atom is -0.326 e. The fourth-order valence-corrected chi connectivity index (χ4v) is 3.52. The summed E-state index contributed by atoms with van der Waals surface area (Å²) in [6.45, 7) is 4.54. The van der Waals surface area contributed by atoms with Gasteiger partial charge in [0.1, 0.15) is 0 Å². The van der Waals surface area contributed by atoms with E-state index in [0.29, 0.717) is 28.2 Å². The number of rotatable bonds is 4. The molecule has 1 N–H and O–H groups in total. The Morgan fingerprint density at radius 3 is 2.46 bits per heavy atom. The van der Waals surface area contributed by atoms with Crippen LogP contribution < -0.4 is 10.2 Å². The van der Waals surface area contributed by atoms with Crippen LogP contribution in [0.2, 0.25) is 10.0 Å². The van der Waals surface area contributed by atoms with Crippen molar-refractivity contribution in [1.29, 1.82) is 0 Å². The number of hydrogen-bond donors (Lipinski definition) is 1. The van der Waals surface area contributed by atoms with E-state index in [9.17, 15) is 9.59 Å². The minimum atomic E-state index is -0.418. The molecule has 1 saturated heterocycles. The van der Waals surface area contributed by atoms with Gasteiger partial charge < -0.3 is 10.2 Å². The van der Waals surface area contributed by atoms with Crippen LogP contribution in [0.3, 0.4) is 0 Å². The van der Waals surface area contributed by atoms with Gasteiger partial charge in [-0.05, 0) is 41.8 Å². The smallest absolute Gasteiger partial charge is 0.229 e. The normalized spacial score (nSPS) is 17.0. The Hall–Kier alpha value is -2.04. The van der Waals surface area contributed by atoms with Crippen LogP contribution in [0.4, 0.5) is 11.4 Å². The van der Waals surface area contributed by atoms with Crippen LogP contribution in [-0.4, -0.2) is 18.4 Å². The Kier molecular flexibility index (Phi) is 5.54. The summed E-state index contributed by atoms with van der Waals surface area (Å²) < 4.78 is 0. The lowest BCUT2D eigenvalue weighted by Crippen LogP contribution is -2.28. The number of benzene rings is 2. The van der Waals surface area contributed by atoms with Crippen LogP contribution >= 0.6 is 23.2 Å². The molecule has 136 valence electrons. The van der Waals surface area contributed by atoms with E-state index in [1.165, 1.54) is 5.56 Å². The topological polar surface area (TPSA) is 49.4 Å². The lowest BCUT2D eigenvalue weighted by Gasteiger charge is -2.18. The maximum absolute atomic E-state index is 12.6. The Bertz CT molecular complexity index is 834. The van der Waals surface area contributed by atoms with Gasteiger partial charge in [-0.1, -0.05) is 49.2 Å². The van der Waals surface area contributed by atoms with E-state index in [4.69, 9.17) is 23.2 Å². The summed E-state index contributed by atoms with van der Waals surface area (Å²) >= 11 is 12.1. The highest BCUT2D eigenvalue weighted by Crippen LogP contribution is 2.33. The Labute approximate surface area is 163 Å². The number of amides is 2. The fraction of sp³-hybridized carbons (Fsp3) is 0.300. The van der Waals surface area contributed by atoms with E-state index in [1.54, 1.807) is 23.1 Å². The number of carbonyl (C=O) groups is 2. The number of carbonyl (C=O) groups excluding carboxylic acids is 2. The van der Waals surface area contributed by atoms with E-state index in [2.05, 4.69) is 19.2 Å². The van der Waals surface area contributed by atoms with Crippen LogP contribution in [0.5, 0.6) is 0 Å². The molecule has 6 heteroatoms. The molecule has 1 aliphatic heterocycles. The first kappa shape index (κ1) is 18.7. The van der Waals surface area contributed by atoms with Gasteiger partial charge in [-0.2, -0.15) is 0 Å². The summed E-state index contributed by atoms with van der Waals surface area (Å²) in [6.07, 6.45) is 0.162. The predicted molar refractivity (Wildman–Crippen MR) is 106 cm³/mol. The number of halogens is 2. The van der Waals surface area contributed by atoms with Crippen molar-refractivity contribution < 1.29 is 9.59 Å². The highest BCUT2D eigenvalue weighted by Gasteiger charge is 2.36. The molecular weight excluding hydrogens is 371 g/mol. The van der Waals surface area contributed by atoms with Gasteiger partial charge in [0, 0.05) is 23.7 Å². The van der Waals surface area contributed by atoms with E-state index in [-0.39, 0.29) is 18.2 Å². The first-order valence-corrected chi connectivity index (χ1v) is 9.27.